The number of benzene rings is 1. The second-order valence-corrected chi connectivity index (χ2v) is 4.04. The molecule has 0 spiro atoms. The summed E-state index contributed by atoms with van der Waals surface area (Å²) < 4.78 is 5.32. The molecule has 0 aliphatic heterocycles. The van der Waals surface area contributed by atoms with Gasteiger partial charge in [-0.2, -0.15) is 0 Å². The number of para-hydroxylation sites is 2. The summed E-state index contributed by atoms with van der Waals surface area (Å²) in [6, 6.07) is 7.70. The van der Waals surface area contributed by atoms with Crippen LogP contribution in [0.15, 0.2) is 24.3 Å². The minimum absolute atomic E-state index is 0.452. The number of nitrogen functional groups attached to an aromatic ring is 1. The third-order valence-corrected chi connectivity index (χ3v) is 2.71. The second-order valence-electron chi connectivity index (χ2n) is 4.04. The summed E-state index contributed by atoms with van der Waals surface area (Å²) in [7, 11) is 1.94. The molecule has 0 saturated carbocycles. The topological polar surface area (TPSA) is 64.3 Å². The van der Waals surface area contributed by atoms with Crippen LogP contribution in [0.2, 0.25) is 0 Å². The minimum Gasteiger partial charge on any atom is -0.381 e. The number of hydrogen-bond acceptors (Lipinski definition) is 5. The molecule has 5 heteroatoms. The first kappa shape index (κ1) is 12.6. The molecule has 96 valence electrons. The van der Waals surface area contributed by atoms with E-state index in [1.165, 1.54) is 0 Å². The second kappa shape index (κ2) is 5.64. The van der Waals surface area contributed by atoms with Crippen molar-refractivity contribution in [3.05, 3.63) is 24.3 Å². The van der Waals surface area contributed by atoms with Crippen LogP contribution in [0, 0.1) is 0 Å². The van der Waals surface area contributed by atoms with E-state index in [1.807, 2.05) is 43.1 Å². The van der Waals surface area contributed by atoms with E-state index in [1.54, 1.807) is 0 Å². The molecule has 0 radical (unpaired) electrons. The lowest BCUT2D eigenvalue weighted by Gasteiger charge is -2.19. The monoisotopic (exact) mass is 246 g/mol. The number of nitrogens with zero attached hydrogens (tertiary/aromatic N) is 3. The third kappa shape index (κ3) is 2.68. The Morgan fingerprint density at radius 1 is 1.22 bits per heavy atom. The first-order chi connectivity index (χ1) is 8.72. The molecule has 0 saturated heterocycles. The molecule has 1 aromatic heterocycles. The quantitative estimate of drug-likeness (QED) is 0.813. The zero-order chi connectivity index (χ0) is 13.0. The van der Waals surface area contributed by atoms with Gasteiger partial charge in [-0.15, -0.1) is 0 Å². The van der Waals surface area contributed by atoms with Crippen LogP contribution < -0.4 is 10.6 Å². The van der Waals surface area contributed by atoms with E-state index in [2.05, 4.69) is 9.97 Å². The van der Waals surface area contributed by atoms with Crippen LogP contribution in [0.1, 0.15) is 6.92 Å². The lowest BCUT2D eigenvalue weighted by Crippen LogP contribution is -2.25. The summed E-state index contributed by atoms with van der Waals surface area (Å²) >= 11 is 0. The van der Waals surface area contributed by atoms with Crippen molar-refractivity contribution < 1.29 is 4.74 Å². The van der Waals surface area contributed by atoms with Gasteiger partial charge in [0.15, 0.2) is 11.6 Å². The Morgan fingerprint density at radius 2 is 1.89 bits per heavy atom. The van der Waals surface area contributed by atoms with Crippen LogP contribution in [0.5, 0.6) is 0 Å². The molecule has 0 aliphatic carbocycles. The average Bonchev–Trinajstić information content (AvgIpc) is 2.38. The number of rotatable bonds is 5. The molecule has 2 N–H and O–H groups in total. The predicted octanol–water partition coefficient (Wildman–Crippen LogP) is 1.68. The molecule has 18 heavy (non-hydrogen) atoms. The fraction of sp³-hybridized carbons (Fsp3) is 0.385. The van der Waals surface area contributed by atoms with Gasteiger partial charge in [-0.05, 0) is 19.1 Å². The normalized spacial score (nSPS) is 10.8. The average molecular weight is 246 g/mol. The van der Waals surface area contributed by atoms with Crippen LogP contribution in [0.3, 0.4) is 0 Å². The van der Waals surface area contributed by atoms with Gasteiger partial charge in [0.1, 0.15) is 0 Å². The number of likely N-dealkylation sites (N-methyl/N-ethyl adjacent to an activating group) is 1. The van der Waals surface area contributed by atoms with Gasteiger partial charge in [-0.25, -0.2) is 9.97 Å². The van der Waals surface area contributed by atoms with Crippen molar-refractivity contribution >= 4 is 22.7 Å². The molecule has 0 unspecified atom stereocenters. The molecule has 5 nitrogen and oxygen atoms in total. The Hall–Kier alpha value is -1.88. The maximum Gasteiger partial charge on any atom is 0.172 e. The number of aromatic nitrogens is 2. The SMILES string of the molecule is CCOCCN(C)c1nc2ccccc2nc1N. The van der Waals surface area contributed by atoms with Crippen LogP contribution in [0.4, 0.5) is 11.6 Å². The van der Waals surface area contributed by atoms with Crippen molar-refractivity contribution in [3.8, 4) is 0 Å². The third-order valence-electron chi connectivity index (χ3n) is 2.71. The van der Waals surface area contributed by atoms with E-state index >= 15 is 0 Å². The lowest BCUT2D eigenvalue weighted by molar-refractivity contribution is 0.154. The predicted molar refractivity (Wildman–Crippen MR) is 73.7 cm³/mol. The van der Waals surface area contributed by atoms with Crippen LogP contribution in [-0.4, -0.2) is 36.8 Å². The summed E-state index contributed by atoms with van der Waals surface area (Å²) in [4.78, 5) is 10.9. The van der Waals surface area contributed by atoms with E-state index in [9.17, 15) is 0 Å². The Bertz CT molecular complexity index is 529. The molecular formula is C13H18N4O. The number of hydrogen-bond donors (Lipinski definition) is 1. The highest BCUT2D eigenvalue weighted by Gasteiger charge is 2.09. The van der Waals surface area contributed by atoms with Gasteiger partial charge in [-0.3, -0.25) is 0 Å². The fourth-order valence-electron chi connectivity index (χ4n) is 1.74. The number of fused-ring (bicyclic) bond motifs is 1. The van der Waals surface area contributed by atoms with E-state index in [0.717, 1.165) is 17.6 Å². The largest absolute Gasteiger partial charge is 0.381 e. The van der Waals surface area contributed by atoms with Crippen molar-refractivity contribution in [1.82, 2.24) is 9.97 Å². The summed E-state index contributed by atoms with van der Waals surface area (Å²) in [6.07, 6.45) is 0. The van der Waals surface area contributed by atoms with Gasteiger partial charge in [0.2, 0.25) is 0 Å². The molecule has 0 aliphatic rings. The van der Waals surface area contributed by atoms with Crippen LogP contribution in [-0.2, 0) is 4.74 Å². The Morgan fingerprint density at radius 3 is 2.56 bits per heavy atom. The number of nitrogens with two attached hydrogens (primary N) is 1. The fourth-order valence-corrected chi connectivity index (χ4v) is 1.74. The first-order valence-corrected chi connectivity index (χ1v) is 6.03. The van der Waals surface area contributed by atoms with Crippen LogP contribution in [0.25, 0.3) is 11.0 Å². The van der Waals surface area contributed by atoms with E-state index in [0.29, 0.717) is 24.8 Å². The summed E-state index contributed by atoms with van der Waals surface area (Å²) in [5, 5.41) is 0. The van der Waals surface area contributed by atoms with Gasteiger partial charge in [0.25, 0.3) is 0 Å². The van der Waals surface area contributed by atoms with Crippen LogP contribution >= 0.6 is 0 Å². The van der Waals surface area contributed by atoms with Crippen molar-refractivity contribution in [3.63, 3.8) is 0 Å². The smallest absolute Gasteiger partial charge is 0.172 e. The standard InChI is InChI=1S/C13H18N4O/c1-3-18-9-8-17(2)13-12(14)15-10-6-4-5-7-11(10)16-13/h4-7H,3,8-9H2,1-2H3,(H2,14,15). The molecule has 1 aromatic carbocycles. The molecule has 0 fully saturated rings. The molecule has 1 heterocycles. The van der Waals surface area contributed by atoms with Crippen molar-refractivity contribution in [1.29, 1.82) is 0 Å². The van der Waals surface area contributed by atoms with E-state index < -0.39 is 0 Å². The highest BCUT2D eigenvalue weighted by atomic mass is 16.5. The Balaban J connectivity index is 2.24. The van der Waals surface area contributed by atoms with Gasteiger partial charge in [-0.1, -0.05) is 12.1 Å². The molecule has 0 atom stereocenters. The number of anilines is 2. The van der Waals surface area contributed by atoms with Gasteiger partial charge >= 0.3 is 0 Å². The van der Waals surface area contributed by atoms with Crippen molar-refractivity contribution in [2.24, 2.45) is 0 Å². The summed E-state index contributed by atoms with van der Waals surface area (Å²) in [5.74, 6) is 1.15. The Kier molecular flexibility index (Phi) is 3.94. The highest BCUT2D eigenvalue weighted by molar-refractivity contribution is 5.79. The zero-order valence-corrected chi connectivity index (χ0v) is 10.8. The molecule has 2 rings (SSSR count). The highest BCUT2D eigenvalue weighted by Crippen LogP contribution is 2.20. The maximum atomic E-state index is 5.94. The molecule has 0 amide bonds. The Labute approximate surface area is 107 Å². The first-order valence-electron chi connectivity index (χ1n) is 6.03. The number of ether oxygens (including phenoxy) is 1. The molecule has 2 aromatic rings. The summed E-state index contributed by atoms with van der Waals surface area (Å²) in [6.45, 7) is 4.09. The van der Waals surface area contributed by atoms with Gasteiger partial charge in [0.05, 0.1) is 17.6 Å². The van der Waals surface area contributed by atoms with Crippen molar-refractivity contribution in [2.45, 2.75) is 6.92 Å². The maximum absolute atomic E-state index is 5.94. The summed E-state index contributed by atoms with van der Waals surface area (Å²) in [5.41, 5.74) is 7.60. The minimum atomic E-state index is 0.452. The van der Waals surface area contributed by atoms with E-state index in [4.69, 9.17) is 10.5 Å². The lowest BCUT2D eigenvalue weighted by atomic mass is 10.3. The zero-order valence-electron chi connectivity index (χ0n) is 10.8. The van der Waals surface area contributed by atoms with Gasteiger partial charge < -0.3 is 15.4 Å². The van der Waals surface area contributed by atoms with Gasteiger partial charge in [0, 0.05) is 20.2 Å². The molecular weight excluding hydrogens is 228 g/mol. The van der Waals surface area contributed by atoms with E-state index in [-0.39, 0.29) is 0 Å². The van der Waals surface area contributed by atoms with Crippen molar-refractivity contribution in [2.75, 3.05) is 37.4 Å². The molecule has 0 bridgehead atoms.